The molecule has 4 aliphatic rings. The number of nitrogens with zero attached hydrogens (tertiary/aromatic N) is 2. The van der Waals surface area contributed by atoms with Crippen LogP contribution in [-0.4, -0.2) is 81.7 Å². The number of carbonyl (C=O) groups is 3. The lowest BCUT2D eigenvalue weighted by Crippen LogP contribution is -2.53. The molecule has 0 bridgehead atoms. The molecule has 16 heteroatoms. The van der Waals surface area contributed by atoms with Crippen LogP contribution in [0.5, 0.6) is 0 Å². The van der Waals surface area contributed by atoms with Gasteiger partial charge in [0.05, 0.1) is 64.7 Å². The molecule has 5 atom stereocenters. The lowest BCUT2D eigenvalue weighted by molar-refractivity contribution is -0.394. The fourth-order valence-corrected chi connectivity index (χ4v) is 6.85. The maximum absolute atomic E-state index is 14.0. The molecule has 0 aromatic heterocycles. The standard InChI is InChI=1S/C32H40N2O14/c1-15(2)46-24-23(35)21-20(22-25(31(21,38)26(24)47-16(3)4)32(22)44-12-29(5,6)13-45-32)28(37)43-14-30(7,8)48-27(36)17-9-18(33(39)40)11-19(10-17)34(41)42/h9-11,15-16,20-22,25,38H,12-14H2,1-8H3/t20-,21+,22-,25+,31+/m1/s1. The summed E-state index contributed by atoms with van der Waals surface area (Å²) in [5.41, 5.74) is -5.73. The highest BCUT2D eigenvalue weighted by molar-refractivity contribution is 6.04. The molecule has 1 saturated heterocycles. The maximum atomic E-state index is 14.0. The Hall–Kier alpha value is -4.15. The monoisotopic (exact) mass is 676 g/mol. The molecular formula is C32H40N2O14. The third-order valence-electron chi connectivity index (χ3n) is 8.77. The number of fused-ring (bicyclic) bond motifs is 5. The van der Waals surface area contributed by atoms with E-state index >= 15 is 0 Å². The number of aliphatic hydroxyl groups is 1. The number of allylic oxidation sites excluding steroid dienone is 1. The van der Waals surface area contributed by atoms with Gasteiger partial charge in [-0.3, -0.25) is 29.8 Å². The van der Waals surface area contributed by atoms with Gasteiger partial charge in [0.15, 0.2) is 11.5 Å². The number of ketones is 1. The topological polar surface area (TPSA) is 213 Å². The molecule has 16 nitrogen and oxygen atoms in total. The minimum Gasteiger partial charge on any atom is -0.488 e. The van der Waals surface area contributed by atoms with Crippen LogP contribution in [0.15, 0.2) is 29.7 Å². The summed E-state index contributed by atoms with van der Waals surface area (Å²) in [6.45, 7) is 13.5. The largest absolute Gasteiger partial charge is 0.488 e. The van der Waals surface area contributed by atoms with Crippen molar-refractivity contribution in [3.05, 3.63) is 55.5 Å². The summed E-state index contributed by atoms with van der Waals surface area (Å²) in [6.07, 6.45) is -0.923. The zero-order valence-corrected chi connectivity index (χ0v) is 28.0. The second-order valence-electron chi connectivity index (χ2n) is 14.7. The summed E-state index contributed by atoms with van der Waals surface area (Å²) >= 11 is 0. The number of esters is 2. The van der Waals surface area contributed by atoms with Crippen LogP contribution >= 0.6 is 0 Å². The number of Topliss-reactive ketones (excluding diaryl/α,β-unsaturated/α-hetero) is 1. The summed E-state index contributed by atoms with van der Waals surface area (Å²) in [4.78, 5) is 61.7. The Morgan fingerprint density at radius 3 is 2.04 bits per heavy atom. The van der Waals surface area contributed by atoms with Crippen LogP contribution in [-0.2, 0) is 38.0 Å². The van der Waals surface area contributed by atoms with Crippen molar-refractivity contribution in [2.75, 3.05) is 19.8 Å². The van der Waals surface area contributed by atoms with Crippen molar-refractivity contribution in [1.82, 2.24) is 0 Å². The van der Waals surface area contributed by atoms with Crippen molar-refractivity contribution in [3.63, 3.8) is 0 Å². The summed E-state index contributed by atoms with van der Waals surface area (Å²) < 4.78 is 35.5. The van der Waals surface area contributed by atoms with Gasteiger partial charge in [0.25, 0.3) is 11.4 Å². The number of carbonyl (C=O) groups excluding carboxylic acids is 3. The SMILES string of the molecule is CC(C)OC1=C(OC(C)C)[C@]2(O)[C@H](C1=O)[C@@H](C(=O)OCC(C)(C)OC(=O)c1cc([N+](=O)[O-])cc([N+](=O)[O-])c1)[C@@H]1[C@@H]2C12OCC(C)(C)CO2. The van der Waals surface area contributed by atoms with E-state index < -0.39 is 104 Å². The first kappa shape index (κ1) is 35.2. The van der Waals surface area contributed by atoms with E-state index in [-0.39, 0.29) is 30.1 Å². The number of non-ortho nitro benzene ring substituents is 2. The number of hydrogen-bond donors (Lipinski definition) is 1. The number of hydrogen-bond acceptors (Lipinski definition) is 14. The van der Waals surface area contributed by atoms with Crippen molar-refractivity contribution in [3.8, 4) is 0 Å². The lowest BCUT2D eigenvalue weighted by atomic mass is 9.79. The van der Waals surface area contributed by atoms with Crippen LogP contribution < -0.4 is 0 Å². The van der Waals surface area contributed by atoms with Crippen LogP contribution in [0, 0.1) is 49.3 Å². The van der Waals surface area contributed by atoms with Crippen molar-refractivity contribution >= 4 is 29.1 Å². The first-order valence-electron chi connectivity index (χ1n) is 15.6. The van der Waals surface area contributed by atoms with Gasteiger partial charge in [-0.25, -0.2) is 4.79 Å². The molecule has 1 heterocycles. The quantitative estimate of drug-likeness (QED) is 0.201. The van der Waals surface area contributed by atoms with Crippen LogP contribution in [0.2, 0.25) is 0 Å². The Labute approximate surface area is 275 Å². The van der Waals surface area contributed by atoms with Crippen LogP contribution in [0.4, 0.5) is 11.4 Å². The minimum atomic E-state index is -2.01. The molecule has 262 valence electrons. The van der Waals surface area contributed by atoms with Crippen LogP contribution in [0.1, 0.15) is 65.7 Å². The molecule has 1 N–H and O–H groups in total. The van der Waals surface area contributed by atoms with Gasteiger partial charge in [0.2, 0.25) is 11.5 Å². The van der Waals surface area contributed by atoms with Gasteiger partial charge in [0.1, 0.15) is 17.8 Å². The van der Waals surface area contributed by atoms with E-state index in [1.54, 1.807) is 27.7 Å². The second-order valence-corrected chi connectivity index (χ2v) is 14.7. The normalized spacial score (nSPS) is 28.3. The molecule has 0 unspecified atom stereocenters. The van der Waals surface area contributed by atoms with Gasteiger partial charge in [-0.2, -0.15) is 0 Å². The minimum absolute atomic E-state index is 0.0827. The van der Waals surface area contributed by atoms with Gasteiger partial charge in [-0.1, -0.05) is 13.8 Å². The van der Waals surface area contributed by atoms with E-state index in [0.29, 0.717) is 6.07 Å². The average molecular weight is 677 g/mol. The van der Waals surface area contributed by atoms with E-state index in [2.05, 4.69) is 0 Å². The molecule has 3 aliphatic carbocycles. The fourth-order valence-electron chi connectivity index (χ4n) is 6.85. The fraction of sp³-hybridized carbons (Fsp3) is 0.656. The molecule has 1 spiro atoms. The highest BCUT2D eigenvalue weighted by Crippen LogP contribution is 2.76. The third kappa shape index (κ3) is 5.89. The van der Waals surface area contributed by atoms with Crippen LogP contribution in [0.3, 0.4) is 0 Å². The van der Waals surface area contributed by atoms with Gasteiger partial charge in [-0.15, -0.1) is 0 Å². The predicted molar refractivity (Wildman–Crippen MR) is 162 cm³/mol. The molecule has 3 fully saturated rings. The highest BCUT2D eigenvalue weighted by Gasteiger charge is 2.90. The van der Waals surface area contributed by atoms with Gasteiger partial charge < -0.3 is 33.5 Å². The Balaban J connectivity index is 1.41. The molecule has 1 aromatic rings. The first-order chi connectivity index (χ1) is 22.1. The molecule has 1 aromatic carbocycles. The van der Waals surface area contributed by atoms with Crippen molar-refractivity contribution < 1.29 is 57.8 Å². The Bertz CT molecular complexity index is 1550. The van der Waals surface area contributed by atoms with Crippen LogP contribution in [0.25, 0.3) is 0 Å². The number of ether oxygens (including phenoxy) is 6. The molecule has 0 amide bonds. The Morgan fingerprint density at radius 1 is 1.00 bits per heavy atom. The molecule has 2 saturated carbocycles. The Morgan fingerprint density at radius 2 is 1.54 bits per heavy atom. The third-order valence-corrected chi connectivity index (χ3v) is 8.77. The molecule has 48 heavy (non-hydrogen) atoms. The molecule has 5 rings (SSSR count). The number of benzene rings is 1. The van der Waals surface area contributed by atoms with Gasteiger partial charge >= 0.3 is 11.9 Å². The van der Waals surface area contributed by atoms with Gasteiger partial charge in [-0.05, 0) is 41.5 Å². The number of nitro groups is 2. The smallest absolute Gasteiger partial charge is 0.339 e. The summed E-state index contributed by atoms with van der Waals surface area (Å²) in [5.74, 6) is -8.58. The van der Waals surface area contributed by atoms with E-state index in [1.807, 2.05) is 13.8 Å². The summed E-state index contributed by atoms with van der Waals surface area (Å²) in [5, 5.41) is 35.0. The van der Waals surface area contributed by atoms with E-state index in [4.69, 9.17) is 28.4 Å². The zero-order chi connectivity index (χ0) is 35.7. The zero-order valence-electron chi connectivity index (χ0n) is 28.0. The summed E-state index contributed by atoms with van der Waals surface area (Å²) in [6, 6.07) is 2.38. The van der Waals surface area contributed by atoms with Crippen molar-refractivity contribution in [1.29, 1.82) is 0 Å². The predicted octanol–water partition coefficient (Wildman–Crippen LogP) is 3.62. The van der Waals surface area contributed by atoms with E-state index in [0.717, 1.165) is 12.1 Å². The highest BCUT2D eigenvalue weighted by atomic mass is 16.7. The second kappa shape index (κ2) is 11.8. The lowest BCUT2D eigenvalue weighted by Gasteiger charge is -2.41. The van der Waals surface area contributed by atoms with Crippen molar-refractivity contribution in [2.45, 2.75) is 84.6 Å². The van der Waals surface area contributed by atoms with Gasteiger partial charge in [0, 0.05) is 23.5 Å². The van der Waals surface area contributed by atoms with E-state index in [1.165, 1.54) is 13.8 Å². The molecule has 0 radical (unpaired) electrons. The van der Waals surface area contributed by atoms with Crippen molar-refractivity contribution in [2.24, 2.45) is 29.1 Å². The average Bonchev–Trinajstić information content (AvgIpc) is 3.46. The maximum Gasteiger partial charge on any atom is 0.339 e. The number of rotatable bonds is 11. The molecule has 1 aliphatic heterocycles. The number of nitro benzene ring substituents is 2. The Kier molecular flexibility index (Phi) is 8.62. The molecular weight excluding hydrogens is 636 g/mol. The summed E-state index contributed by atoms with van der Waals surface area (Å²) in [7, 11) is 0. The first-order valence-corrected chi connectivity index (χ1v) is 15.6. The van der Waals surface area contributed by atoms with E-state index in [9.17, 15) is 39.7 Å².